The van der Waals surface area contributed by atoms with Gasteiger partial charge in [0.1, 0.15) is 0 Å². The molecule has 1 aromatic rings. The van der Waals surface area contributed by atoms with Crippen molar-refractivity contribution in [3.63, 3.8) is 0 Å². The topological polar surface area (TPSA) is 18.5 Å². The van der Waals surface area contributed by atoms with E-state index >= 15 is 0 Å². The maximum Gasteiger partial charge on any atom is 0.172 e. The molecule has 83 valence electrons. The predicted molar refractivity (Wildman–Crippen MR) is 56.5 cm³/mol. The van der Waals surface area contributed by atoms with Gasteiger partial charge in [-0.2, -0.15) is 0 Å². The molecule has 0 aromatic heterocycles. The van der Waals surface area contributed by atoms with Crippen LogP contribution in [-0.2, 0) is 4.74 Å². The molecule has 0 saturated heterocycles. The fourth-order valence-corrected chi connectivity index (χ4v) is 1.15. The maximum absolute atomic E-state index is 13.0. The maximum atomic E-state index is 13.0. The standard InChI is InChI=1S/C12H16FO2/c1-2-14-9-5-6-10-15-12-8-4-3-7-11(12)13/h3-4,8H,2,5-6,9-10H2,1H3. The molecule has 0 aliphatic rings. The smallest absolute Gasteiger partial charge is 0.172 e. The van der Waals surface area contributed by atoms with E-state index < -0.39 is 5.82 Å². The first kappa shape index (κ1) is 12.0. The van der Waals surface area contributed by atoms with Crippen molar-refractivity contribution >= 4 is 0 Å². The predicted octanol–water partition coefficient (Wildman–Crippen LogP) is 2.82. The molecule has 15 heavy (non-hydrogen) atoms. The van der Waals surface area contributed by atoms with Gasteiger partial charge in [0.2, 0.25) is 0 Å². The van der Waals surface area contributed by atoms with Gasteiger partial charge in [-0.1, -0.05) is 12.1 Å². The van der Waals surface area contributed by atoms with Gasteiger partial charge in [0, 0.05) is 19.3 Å². The number of unbranched alkanes of at least 4 members (excludes halogenated alkanes) is 1. The van der Waals surface area contributed by atoms with E-state index in [2.05, 4.69) is 6.07 Å². The van der Waals surface area contributed by atoms with Crippen molar-refractivity contribution in [2.45, 2.75) is 19.8 Å². The van der Waals surface area contributed by atoms with Gasteiger partial charge in [0.05, 0.1) is 6.61 Å². The van der Waals surface area contributed by atoms with Crippen LogP contribution in [0.2, 0.25) is 0 Å². The largest absolute Gasteiger partial charge is 0.490 e. The summed E-state index contributed by atoms with van der Waals surface area (Å²) in [7, 11) is 0. The summed E-state index contributed by atoms with van der Waals surface area (Å²) in [4.78, 5) is 0. The van der Waals surface area contributed by atoms with Gasteiger partial charge in [-0.05, 0) is 25.8 Å². The summed E-state index contributed by atoms with van der Waals surface area (Å²) in [6, 6.07) is 7.28. The van der Waals surface area contributed by atoms with Gasteiger partial charge in [0.25, 0.3) is 0 Å². The Morgan fingerprint density at radius 1 is 1.33 bits per heavy atom. The Hall–Kier alpha value is -1.09. The molecule has 0 spiro atoms. The van der Waals surface area contributed by atoms with E-state index in [1.807, 2.05) is 6.92 Å². The SMILES string of the molecule is CCOCCCCOc1ccc[c]c1F. The van der Waals surface area contributed by atoms with Crippen LogP contribution in [0.1, 0.15) is 19.8 Å². The van der Waals surface area contributed by atoms with E-state index in [0.29, 0.717) is 6.61 Å². The summed E-state index contributed by atoms with van der Waals surface area (Å²) >= 11 is 0. The number of ether oxygens (including phenoxy) is 2. The third kappa shape index (κ3) is 4.79. The second-order valence-corrected chi connectivity index (χ2v) is 3.10. The van der Waals surface area contributed by atoms with Crippen LogP contribution in [0.4, 0.5) is 4.39 Å². The number of rotatable bonds is 7. The molecule has 0 bridgehead atoms. The summed E-state index contributed by atoms with van der Waals surface area (Å²) in [6.07, 6.45) is 1.81. The van der Waals surface area contributed by atoms with Crippen LogP contribution < -0.4 is 4.74 Å². The van der Waals surface area contributed by atoms with E-state index in [-0.39, 0.29) is 5.75 Å². The lowest BCUT2D eigenvalue weighted by Crippen LogP contribution is -2.01. The molecule has 0 amide bonds. The van der Waals surface area contributed by atoms with Gasteiger partial charge >= 0.3 is 0 Å². The first-order valence-electron chi connectivity index (χ1n) is 5.21. The van der Waals surface area contributed by atoms with Crippen LogP contribution in [0, 0.1) is 11.9 Å². The van der Waals surface area contributed by atoms with Gasteiger partial charge in [-0.25, -0.2) is 4.39 Å². The highest BCUT2D eigenvalue weighted by Crippen LogP contribution is 2.14. The molecule has 0 N–H and O–H groups in total. The normalized spacial score (nSPS) is 10.3. The van der Waals surface area contributed by atoms with Gasteiger partial charge in [0.15, 0.2) is 11.6 Å². The van der Waals surface area contributed by atoms with Crippen molar-refractivity contribution < 1.29 is 13.9 Å². The lowest BCUT2D eigenvalue weighted by atomic mass is 10.3. The van der Waals surface area contributed by atoms with E-state index in [4.69, 9.17) is 9.47 Å². The Morgan fingerprint density at radius 3 is 2.87 bits per heavy atom. The van der Waals surface area contributed by atoms with Gasteiger partial charge in [-0.3, -0.25) is 0 Å². The fraction of sp³-hybridized carbons (Fsp3) is 0.500. The molecule has 1 aromatic carbocycles. The lowest BCUT2D eigenvalue weighted by Gasteiger charge is -2.06. The molecule has 0 saturated carbocycles. The molecular formula is C12H16FO2. The van der Waals surface area contributed by atoms with Crippen LogP contribution in [0.5, 0.6) is 5.75 Å². The molecule has 0 aliphatic heterocycles. The number of halogens is 1. The van der Waals surface area contributed by atoms with E-state index in [9.17, 15) is 4.39 Å². The molecule has 2 nitrogen and oxygen atoms in total. The highest BCUT2D eigenvalue weighted by Gasteiger charge is 2.00. The summed E-state index contributed by atoms with van der Waals surface area (Å²) in [5, 5.41) is 0. The lowest BCUT2D eigenvalue weighted by molar-refractivity contribution is 0.138. The summed E-state index contributed by atoms with van der Waals surface area (Å²) in [6.45, 7) is 3.96. The Balaban J connectivity index is 2.12. The Bertz CT molecular complexity index is 276. The third-order valence-electron chi connectivity index (χ3n) is 1.91. The molecular weight excluding hydrogens is 195 g/mol. The average Bonchev–Trinajstić information content (AvgIpc) is 2.25. The van der Waals surface area contributed by atoms with Crippen molar-refractivity contribution in [1.29, 1.82) is 0 Å². The minimum atomic E-state index is -0.428. The summed E-state index contributed by atoms with van der Waals surface area (Å²) in [5.74, 6) is -0.156. The molecule has 0 unspecified atom stereocenters. The average molecular weight is 211 g/mol. The number of hydrogen-bond acceptors (Lipinski definition) is 2. The molecule has 0 atom stereocenters. The van der Waals surface area contributed by atoms with Crippen LogP contribution >= 0.6 is 0 Å². The van der Waals surface area contributed by atoms with Crippen molar-refractivity contribution in [2.24, 2.45) is 0 Å². The first-order chi connectivity index (χ1) is 7.34. The Kier molecular flexibility index (Phi) is 5.78. The van der Waals surface area contributed by atoms with Crippen molar-refractivity contribution in [3.05, 3.63) is 30.1 Å². The molecule has 0 heterocycles. The molecule has 0 aliphatic carbocycles. The molecule has 0 fully saturated rings. The second kappa shape index (κ2) is 7.23. The van der Waals surface area contributed by atoms with E-state index in [1.165, 1.54) is 6.07 Å². The highest BCUT2D eigenvalue weighted by atomic mass is 19.1. The van der Waals surface area contributed by atoms with Crippen LogP contribution in [0.3, 0.4) is 0 Å². The van der Waals surface area contributed by atoms with Crippen molar-refractivity contribution in [2.75, 3.05) is 19.8 Å². The highest BCUT2D eigenvalue weighted by molar-refractivity contribution is 5.22. The minimum absolute atomic E-state index is 0.272. The zero-order valence-electron chi connectivity index (χ0n) is 8.96. The Morgan fingerprint density at radius 2 is 2.13 bits per heavy atom. The van der Waals surface area contributed by atoms with Gasteiger partial charge < -0.3 is 9.47 Å². The van der Waals surface area contributed by atoms with E-state index in [0.717, 1.165) is 26.1 Å². The number of benzene rings is 1. The number of hydrogen-bond donors (Lipinski definition) is 0. The Labute approximate surface area is 90.0 Å². The molecule has 1 rings (SSSR count). The zero-order chi connectivity index (χ0) is 10.9. The fourth-order valence-electron chi connectivity index (χ4n) is 1.15. The third-order valence-corrected chi connectivity index (χ3v) is 1.91. The van der Waals surface area contributed by atoms with Gasteiger partial charge in [-0.15, -0.1) is 0 Å². The van der Waals surface area contributed by atoms with Crippen LogP contribution in [0.15, 0.2) is 18.2 Å². The summed E-state index contributed by atoms with van der Waals surface area (Å²) < 4.78 is 23.4. The minimum Gasteiger partial charge on any atom is -0.490 e. The second-order valence-electron chi connectivity index (χ2n) is 3.10. The van der Waals surface area contributed by atoms with Crippen molar-refractivity contribution in [1.82, 2.24) is 0 Å². The summed E-state index contributed by atoms with van der Waals surface area (Å²) in [5.41, 5.74) is 0. The zero-order valence-corrected chi connectivity index (χ0v) is 8.96. The van der Waals surface area contributed by atoms with E-state index in [1.54, 1.807) is 12.1 Å². The van der Waals surface area contributed by atoms with Crippen molar-refractivity contribution in [3.8, 4) is 5.75 Å². The monoisotopic (exact) mass is 211 g/mol. The van der Waals surface area contributed by atoms with Crippen LogP contribution in [0.25, 0.3) is 0 Å². The molecule has 3 heteroatoms. The quantitative estimate of drug-likeness (QED) is 0.646. The first-order valence-corrected chi connectivity index (χ1v) is 5.21. The van der Waals surface area contributed by atoms with Crippen LogP contribution in [-0.4, -0.2) is 19.8 Å². The molecule has 1 radical (unpaired) electrons.